The number of likely N-dealkylation sites (tertiary alicyclic amines) is 1. The van der Waals surface area contributed by atoms with Crippen molar-refractivity contribution < 1.29 is 14.2 Å². The molecule has 2 N–H and O–H groups in total. The highest BCUT2D eigenvalue weighted by Crippen LogP contribution is 2.35. The third-order valence-electron chi connectivity index (χ3n) is 4.00. The molecule has 0 spiro atoms. The lowest BCUT2D eigenvalue weighted by Crippen LogP contribution is -2.42. The van der Waals surface area contributed by atoms with Gasteiger partial charge in [0.25, 0.3) is 0 Å². The van der Waals surface area contributed by atoms with Crippen molar-refractivity contribution in [3.8, 4) is 11.5 Å². The molecule has 2 aromatic rings. The number of anilines is 1. The molecule has 23 heavy (non-hydrogen) atoms. The van der Waals surface area contributed by atoms with Crippen LogP contribution in [0.25, 0.3) is 10.9 Å². The summed E-state index contributed by atoms with van der Waals surface area (Å²) in [5, 5.41) is 0.773. The maximum Gasteiger partial charge on any atom is 0.162 e. The van der Waals surface area contributed by atoms with Gasteiger partial charge in [0.1, 0.15) is 18.2 Å². The van der Waals surface area contributed by atoms with Crippen LogP contribution in [0.4, 0.5) is 5.82 Å². The average molecular weight is 318 g/mol. The molecule has 0 saturated carbocycles. The number of rotatable bonds is 6. The third kappa shape index (κ3) is 3.16. The van der Waals surface area contributed by atoms with Crippen molar-refractivity contribution in [1.29, 1.82) is 0 Å². The maximum absolute atomic E-state index is 6.14. The van der Waals surface area contributed by atoms with Crippen molar-refractivity contribution in [2.45, 2.75) is 5.92 Å². The molecule has 1 aromatic carbocycles. The van der Waals surface area contributed by atoms with Gasteiger partial charge in [0.2, 0.25) is 0 Å². The fourth-order valence-electron chi connectivity index (χ4n) is 2.73. The van der Waals surface area contributed by atoms with E-state index >= 15 is 0 Å². The number of fused-ring (bicyclic) bond motifs is 1. The van der Waals surface area contributed by atoms with Crippen LogP contribution in [0.3, 0.4) is 0 Å². The van der Waals surface area contributed by atoms with Crippen LogP contribution in [0.5, 0.6) is 11.5 Å². The fourth-order valence-corrected chi connectivity index (χ4v) is 2.73. The van der Waals surface area contributed by atoms with Crippen molar-refractivity contribution in [3.05, 3.63) is 18.0 Å². The Bertz CT molecular complexity index is 701. The quantitative estimate of drug-likeness (QED) is 0.803. The Kier molecular flexibility index (Phi) is 4.49. The van der Waals surface area contributed by atoms with E-state index in [0.29, 0.717) is 36.4 Å². The van der Waals surface area contributed by atoms with E-state index in [9.17, 15) is 0 Å². The van der Waals surface area contributed by atoms with Crippen molar-refractivity contribution in [2.24, 2.45) is 0 Å². The highest BCUT2D eigenvalue weighted by atomic mass is 16.5. The van der Waals surface area contributed by atoms with Crippen molar-refractivity contribution >= 4 is 16.7 Å². The van der Waals surface area contributed by atoms with Gasteiger partial charge >= 0.3 is 0 Å². The number of nitrogens with zero attached hydrogens (tertiary/aromatic N) is 3. The van der Waals surface area contributed by atoms with E-state index in [0.717, 1.165) is 29.8 Å². The van der Waals surface area contributed by atoms with Crippen LogP contribution >= 0.6 is 0 Å². The van der Waals surface area contributed by atoms with Gasteiger partial charge in [-0.3, -0.25) is 0 Å². The summed E-state index contributed by atoms with van der Waals surface area (Å²) in [6, 6.07) is 3.68. The number of hydrogen-bond acceptors (Lipinski definition) is 7. The number of ether oxygens (including phenoxy) is 3. The molecule has 7 heteroatoms. The van der Waals surface area contributed by atoms with Gasteiger partial charge in [0.05, 0.1) is 19.2 Å². The number of likely N-dealkylation sites (N-methyl/N-ethyl adjacent to an activating group) is 1. The first-order valence-corrected chi connectivity index (χ1v) is 7.57. The van der Waals surface area contributed by atoms with Gasteiger partial charge in [0, 0.05) is 37.6 Å². The molecular formula is C16H22N4O3. The van der Waals surface area contributed by atoms with Gasteiger partial charge < -0.3 is 24.8 Å². The Labute approximate surface area is 135 Å². The van der Waals surface area contributed by atoms with Gasteiger partial charge in [-0.05, 0) is 13.1 Å². The molecule has 0 amide bonds. The molecule has 0 unspecified atom stereocenters. The molecule has 1 saturated heterocycles. The van der Waals surface area contributed by atoms with E-state index in [1.807, 2.05) is 12.1 Å². The molecule has 1 aromatic heterocycles. The summed E-state index contributed by atoms with van der Waals surface area (Å²) < 4.78 is 16.1. The van der Waals surface area contributed by atoms with Gasteiger partial charge in [-0.25, -0.2) is 9.97 Å². The van der Waals surface area contributed by atoms with Crippen molar-refractivity contribution in [3.63, 3.8) is 0 Å². The highest BCUT2D eigenvalue weighted by Gasteiger charge is 2.28. The molecule has 1 fully saturated rings. The lowest BCUT2D eigenvalue weighted by Gasteiger charge is -2.35. The summed E-state index contributed by atoms with van der Waals surface area (Å²) in [5.74, 6) is 2.85. The van der Waals surface area contributed by atoms with E-state index in [-0.39, 0.29) is 0 Å². The van der Waals surface area contributed by atoms with Gasteiger partial charge in [-0.2, -0.15) is 0 Å². The zero-order valence-electron chi connectivity index (χ0n) is 13.7. The van der Waals surface area contributed by atoms with E-state index in [1.54, 1.807) is 14.2 Å². The standard InChI is InChI=1S/C16H22N4O3/c1-20-8-10(9-20)16-18-12-7-13(22-3)14(23-5-4-21-2)6-11(12)15(17)19-16/h6-7,10H,4-5,8-9H2,1-3H3,(H2,17,18,19). The minimum atomic E-state index is 0.343. The van der Waals surface area contributed by atoms with Crippen LogP contribution in [0.15, 0.2) is 12.1 Å². The monoisotopic (exact) mass is 318 g/mol. The number of nitrogens with two attached hydrogens (primary N) is 1. The largest absolute Gasteiger partial charge is 0.493 e. The lowest BCUT2D eigenvalue weighted by molar-refractivity contribution is 0.144. The molecule has 3 rings (SSSR count). The fraction of sp³-hybridized carbons (Fsp3) is 0.500. The second kappa shape index (κ2) is 6.55. The molecule has 1 aliphatic rings. The number of hydrogen-bond donors (Lipinski definition) is 1. The number of benzene rings is 1. The number of aromatic nitrogens is 2. The van der Waals surface area contributed by atoms with Crippen LogP contribution < -0.4 is 15.2 Å². The number of nitrogen functional groups attached to an aromatic ring is 1. The van der Waals surface area contributed by atoms with Gasteiger partial charge in [0.15, 0.2) is 11.5 Å². The van der Waals surface area contributed by atoms with Gasteiger partial charge in [-0.1, -0.05) is 0 Å². The van der Waals surface area contributed by atoms with E-state index in [4.69, 9.17) is 19.9 Å². The smallest absolute Gasteiger partial charge is 0.162 e. The first-order chi connectivity index (χ1) is 11.1. The Morgan fingerprint density at radius 2 is 1.96 bits per heavy atom. The molecule has 0 radical (unpaired) electrons. The topological polar surface area (TPSA) is 82.7 Å². The minimum absolute atomic E-state index is 0.343. The Morgan fingerprint density at radius 3 is 2.61 bits per heavy atom. The molecule has 124 valence electrons. The Balaban J connectivity index is 1.95. The first kappa shape index (κ1) is 15.8. The average Bonchev–Trinajstić information content (AvgIpc) is 2.51. The Hall–Kier alpha value is -2.12. The SMILES string of the molecule is COCCOc1cc2c(N)nc(C3CN(C)C3)nc2cc1OC. The molecule has 1 aliphatic heterocycles. The second-order valence-corrected chi connectivity index (χ2v) is 5.75. The zero-order valence-corrected chi connectivity index (χ0v) is 13.7. The zero-order chi connectivity index (χ0) is 16.4. The summed E-state index contributed by atoms with van der Waals surface area (Å²) in [4.78, 5) is 11.4. The van der Waals surface area contributed by atoms with Gasteiger partial charge in [-0.15, -0.1) is 0 Å². The molecule has 0 aliphatic carbocycles. The van der Waals surface area contributed by atoms with Crippen LogP contribution in [0.1, 0.15) is 11.7 Å². The lowest BCUT2D eigenvalue weighted by atomic mass is 10.00. The molecule has 7 nitrogen and oxygen atoms in total. The van der Waals surface area contributed by atoms with Crippen molar-refractivity contribution in [2.75, 3.05) is 53.3 Å². The van der Waals surface area contributed by atoms with E-state index in [2.05, 4.69) is 21.9 Å². The van der Waals surface area contributed by atoms with Crippen LogP contribution in [-0.2, 0) is 4.74 Å². The Morgan fingerprint density at radius 1 is 1.17 bits per heavy atom. The van der Waals surface area contributed by atoms with Crippen LogP contribution in [0, 0.1) is 0 Å². The van der Waals surface area contributed by atoms with Crippen LogP contribution in [-0.4, -0.2) is 62.4 Å². The first-order valence-electron chi connectivity index (χ1n) is 7.57. The minimum Gasteiger partial charge on any atom is -0.493 e. The normalized spacial score (nSPS) is 15.6. The summed E-state index contributed by atoms with van der Waals surface area (Å²) in [6.07, 6.45) is 0. The second-order valence-electron chi connectivity index (χ2n) is 5.75. The summed E-state index contributed by atoms with van der Waals surface area (Å²) >= 11 is 0. The summed E-state index contributed by atoms with van der Waals surface area (Å²) in [6.45, 7) is 2.85. The van der Waals surface area contributed by atoms with E-state index < -0.39 is 0 Å². The highest BCUT2D eigenvalue weighted by molar-refractivity contribution is 5.90. The van der Waals surface area contributed by atoms with Crippen molar-refractivity contribution in [1.82, 2.24) is 14.9 Å². The summed E-state index contributed by atoms with van der Waals surface area (Å²) in [7, 11) is 5.32. The summed E-state index contributed by atoms with van der Waals surface area (Å²) in [5.41, 5.74) is 6.91. The predicted octanol–water partition coefficient (Wildman–Crippen LogP) is 1.27. The van der Waals surface area contributed by atoms with Crippen LogP contribution in [0.2, 0.25) is 0 Å². The molecule has 2 heterocycles. The maximum atomic E-state index is 6.14. The predicted molar refractivity (Wildman–Crippen MR) is 88.1 cm³/mol. The molecular weight excluding hydrogens is 296 g/mol. The van der Waals surface area contributed by atoms with E-state index in [1.165, 1.54) is 0 Å². The molecule has 0 bridgehead atoms. The third-order valence-corrected chi connectivity index (χ3v) is 4.00. The molecule has 0 atom stereocenters. The number of methoxy groups -OCH3 is 2.